The predicted octanol–water partition coefficient (Wildman–Crippen LogP) is 1.05. The van der Waals surface area contributed by atoms with Gasteiger partial charge in [-0.05, 0) is 6.42 Å². The highest BCUT2D eigenvalue weighted by atomic mass is 79.9. The molecule has 0 saturated carbocycles. The van der Waals surface area contributed by atoms with Gasteiger partial charge in [0.1, 0.15) is 0 Å². The van der Waals surface area contributed by atoms with Crippen LogP contribution in [0.15, 0.2) is 0 Å². The molecule has 0 aliphatic heterocycles. The van der Waals surface area contributed by atoms with E-state index in [1.807, 2.05) is 6.92 Å². The molecule has 0 N–H and O–H groups in total. The summed E-state index contributed by atoms with van der Waals surface area (Å²) >= 11 is 3.19. The van der Waals surface area contributed by atoms with Gasteiger partial charge in [0.15, 0.2) is 0 Å². The summed E-state index contributed by atoms with van der Waals surface area (Å²) in [7, 11) is -1.37. The average Bonchev–Trinajstić information content (AvgIpc) is 1.88. The molecule has 11 heavy (non-hydrogen) atoms. The van der Waals surface area contributed by atoms with E-state index in [1.54, 1.807) is 7.05 Å². The Bertz CT molecular complexity index is 191. The lowest BCUT2D eigenvalue weighted by Gasteiger charge is -2.14. The van der Waals surface area contributed by atoms with Crippen LogP contribution < -0.4 is 0 Å². The highest BCUT2D eigenvalue weighted by molar-refractivity contribution is 9.09. The van der Waals surface area contributed by atoms with Gasteiger partial charge in [-0.15, -0.1) is 0 Å². The van der Waals surface area contributed by atoms with Gasteiger partial charge in [0.2, 0.25) is 10.0 Å². The van der Waals surface area contributed by atoms with Crippen LogP contribution in [-0.4, -0.2) is 37.4 Å². The molecule has 0 aromatic heterocycles. The van der Waals surface area contributed by atoms with E-state index in [4.69, 9.17) is 0 Å². The zero-order chi connectivity index (χ0) is 8.91. The quantitative estimate of drug-likeness (QED) is 0.678. The maximum Gasteiger partial charge on any atom is 0.213 e. The second-order valence-electron chi connectivity index (χ2n) is 2.33. The smallest absolute Gasteiger partial charge is 0.212 e. The largest absolute Gasteiger partial charge is 0.213 e. The Kier molecular flexibility index (Phi) is 5.29. The molecule has 0 atom stereocenters. The lowest BCUT2D eigenvalue weighted by atomic mass is 10.6. The van der Waals surface area contributed by atoms with Crippen molar-refractivity contribution in [2.45, 2.75) is 13.3 Å². The molecular weight excluding hydrogens is 230 g/mol. The summed E-state index contributed by atoms with van der Waals surface area (Å²) in [6.45, 7) is 2.40. The summed E-state index contributed by atoms with van der Waals surface area (Å²) in [5.74, 6) is 0.247. The minimum Gasteiger partial charge on any atom is -0.212 e. The summed E-state index contributed by atoms with van der Waals surface area (Å²) in [6.07, 6.45) is 0.676. The number of hydrogen-bond donors (Lipinski definition) is 0. The van der Waals surface area contributed by atoms with Crippen molar-refractivity contribution in [1.29, 1.82) is 0 Å². The van der Waals surface area contributed by atoms with E-state index >= 15 is 0 Å². The van der Waals surface area contributed by atoms with Gasteiger partial charge in [-0.1, -0.05) is 22.9 Å². The Morgan fingerprint density at radius 3 is 2.36 bits per heavy atom. The Morgan fingerprint density at radius 2 is 2.00 bits per heavy atom. The zero-order valence-corrected chi connectivity index (χ0v) is 9.28. The number of rotatable bonds is 5. The van der Waals surface area contributed by atoms with Gasteiger partial charge < -0.3 is 0 Å². The van der Waals surface area contributed by atoms with Crippen molar-refractivity contribution in [3.8, 4) is 0 Å². The lowest BCUT2D eigenvalue weighted by Crippen LogP contribution is -2.30. The Morgan fingerprint density at radius 1 is 1.45 bits per heavy atom. The monoisotopic (exact) mass is 243 g/mol. The molecule has 0 bridgehead atoms. The van der Waals surface area contributed by atoms with E-state index in [2.05, 4.69) is 15.9 Å². The molecular formula is C6H14BrNO2S. The van der Waals surface area contributed by atoms with Crippen molar-refractivity contribution in [3.05, 3.63) is 0 Å². The normalized spacial score (nSPS) is 12.4. The number of nitrogens with zero attached hydrogens (tertiary/aromatic N) is 1. The lowest BCUT2D eigenvalue weighted by molar-refractivity contribution is 0.488. The number of halogens is 1. The first kappa shape index (κ1) is 11.4. The first-order valence-electron chi connectivity index (χ1n) is 3.54. The second-order valence-corrected chi connectivity index (χ2v) is 5.31. The van der Waals surface area contributed by atoms with Crippen molar-refractivity contribution >= 4 is 26.0 Å². The second kappa shape index (κ2) is 5.11. The van der Waals surface area contributed by atoms with Crippen molar-refractivity contribution in [3.63, 3.8) is 0 Å². The number of sulfonamides is 1. The molecule has 0 aliphatic carbocycles. The third-order valence-electron chi connectivity index (χ3n) is 1.34. The van der Waals surface area contributed by atoms with Gasteiger partial charge in [-0.25, -0.2) is 12.7 Å². The molecule has 0 aromatic rings. The number of alkyl halides is 1. The predicted molar refractivity (Wildman–Crippen MR) is 50.5 cm³/mol. The molecule has 0 unspecified atom stereocenters. The molecule has 0 saturated heterocycles. The Hall–Kier alpha value is 0.390. The standard InChI is InChI=1S/C6H14BrNO2S/c1-3-6-11(9,10)8(2)5-4-7/h3-6H2,1-2H3. The topological polar surface area (TPSA) is 37.4 Å². The molecule has 5 heteroatoms. The van der Waals surface area contributed by atoms with Crippen molar-refractivity contribution in [1.82, 2.24) is 4.31 Å². The van der Waals surface area contributed by atoms with Crippen LogP contribution in [0.25, 0.3) is 0 Å². The van der Waals surface area contributed by atoms with Crippen molar-refractivity contribution < 1.29 is 8.42 Å². The molecule has 0 fully saturated rings. The van der Waals surface area contributed by atoms with Crippen LogP contribution in [-0.2, 0) is 10.0 Å². The third-order valence-corrected chi connectivity index (χ3v) is 3.75. The van der Waals surface area contributed by atoms with E-state index < -0.39 is 10.0 Å². The SMILES string of the molecule is CCCS(=O)(=O)N(C)CCBr. The minimum atomic E-state index is -2.97. The van der Waals surface area contributed by atoms with Gasteiger partial charge in [0.05, 0.1) is 5.75 Å². The molecule has 0 radical (unpaired) electrons. The molecule has 0 aromatic carbocycles. The third kappa shape index (κ3) is 4.08. The average molecular weight is 244 g/mol. The highest BCUT2D eigenvalue weighted by Gasteiger charge is 2.14. The van der Waals surface area contributed by atoms with Crippen LogP contribution >= 0.6 is 15.9 Å². The Labute approximate surface area is 77.0 Å². The minimum absolute atomic E-state index is 0.247. The maximum atomic E-state index is 11.2. The van der Waals surface area contributed by atoms with Crippen molar-refractivity contribution in [2.75, 3.05) is 24.7 Å². The molecule has 0 amide bonds. The van der Waals surface area contributed by atoms with Crippen LogP contribution in [0.3, 0.4) is 0 Å². The van der Waals surface area contributed by atoms with E-state index in [1.165, 1.54) is 4.31 Å². The Balaban J connectivity index is 4.07. The molecule has 68 valence electrons. The molecule has 3 nitrogen and oxygen atoms in total. The molecule has 0 rings (SSSR count). The fourth-order valence-electron chi connectivity index (χ4n) is 0.672. The van der Waals surface area contributed by atoms with Crippen LogP contribution in [0.2, 0.25) is 0 Å². The molecule has 0 aliphatic rings. The van der Waals surface area contributed by atoms with Crippen LogP contribution in [0.5, 0.6) is 0 Å². The summed E-state index contributed by atoms with van der Waals surface area (Å²) in [5.41, 5.74) is 0. The van der Waals surface area contributed by atoms with Gasteiger partial charge >= 0.3 is 0 Å². The van der Waals surface area contributed by atoms with Crippen LogP contribution in [0, 0.1) is 0 Å². The number of hydrogen-bond acceptors (Lipinski definition) is 2. The highest BCUT2D eigenvalue weighted by Crippen LogP contribution is 2.00. The first-order chi connectivity index (χ1) is 5.04. The summed E-state index contributed by atoms with van der Waals surface area (Å²) in [5, 5.41) is 0.687. The van der Waals surface area contributed by atoms with E-state index in [0.29, 0.717) is 18.3 Å². The van der Waals surface area contributed by atoms with Gasteiger partial charge in [-0.3, -0.25) is 0 Å². The molecule has 0 heterocycles. The van der Waals surface area contributed by atoms with E-state index in [9.17, 15) is 8.42 Å². The van der Waals surface area contributed by atoms with Crippen molar-refractivity contribution in [2.24, 2.45) is 0 Å². The summed E-state index contributed by atoms with van der Waals surface area (Å²) < 4.78 is 23.8. The van der Waals surface area contributed by atoms with E-state index in [-0.39, 0.29) is 5.75 Å². The fraction of sp³-hybridized carbons (Fsp3) is 1.00. The van der Waals surface area contributed by atoms with E-state index in [0.717, 1.165) is 0 Å². The summed E-state index contributed by atoms with van der Waals surface area (Å²) in [4.78, 5) is 0. The molecule has 0 spiro atoms. The first-order valence-corrected chi connectivity index (χ1v) is 6.27. The maximum absolute atomic E-state index is 11.2. The fourth-order valence-corrected chi connectivity index (χ4v) is 2.64. The van der Waals surface area contributed by atoms with Gasteiger partial charge in [0.25, 0.3) is 0 Å². The van der Waals surface area contributed by atoms with Gasteiger partial charge in [0, 0.05) is 18.9 Å². The summed E-state index contributed by atoms with van der Waals surface area (Å²) in [6, 6.07) is 0. The zero-order valence-electron chi connectivity index (χ0n) is 6.88. The van der Waals surface area contributed by atoms with Crippen LogP contribution in [0.1, 0.15) is 13.3 Å². The van der Waals surface area contributed by atoms with Gasteiger partial charge in [-0.2, -0.15) is 0 Å². The van der Waals surface area contributed by atoms with Crippen LogP contribution in [0.4, 0.5) is 0 Å².